The molecule has 0 aliphatic rings. The SMILES string of the molecule is CCCC(C)N(C)C(CC(N)=S)c1ccccc1. The van der Waals surface area contributed by atoms with Crippen molar-refractivity contribution < 1.29 is 0 Å². The predicted molar refractivity (Wildman–Crippen MR) is 82.7 cm³/mol. The quantitative estimate of drug-likeness (QED) is 0.764. The molecule has 100 valence electrons. The van der Waals surface area contributed by atoms with Gasteiger partial charge in [0.2, 0.25) is 0 Å². The first-order valence-corrected chi connectivity index (χ1v) is 7.02. The van der Waals surface area contributed by atoms with Gasteiger partial charge in [0, 0.05) is 18.5 Å². The Kier molecular flexibility index (Phi) is 6.30. The fourth-order valence-electron chi connectivity index (χ4n) is 2.29. The Morgan fingerprint density at radius 3 is 2.44 bits per heavy atom. The molecule has 2 nitrogen and oxygen atoms in total. The van der Waals surface area contributed by atoms with Crippen LogP contribution in [-0.4, -0.2) is 23.0 Å². The van der Waals surface area contributed by atoms with Crippen molar-refractivity contribution >= 4 is 17.2 Å². The molecule has 0 saturated carbocycles. The van der Waals surface area contributed by atoms with Gasteiger partial charge in [-0.25, -0.2) is 0 Å². The highest BCUT2D eigenvalue weighted by atomic mass is 32.1. The van der Waals surface area contributed by atoms with Crippen molar-refractivity contribution in [1.82, 2.24) is 4.90 Å². The number of rotatable bonds is 7. The summed E-state index contributed by atoms with van der Waals surface area (Å²) in [6, 6.07) is 11.3. The van der Waals surface area contributed by atoms with Gasteiger partial charge in [-0.1, -0.05) is 55.9 Å². The average Bonchev–Trinajstić information content (AvgIpc) is 2.36. The molecule has 0 radical (unpaired) electrons. The van der Waals surface area contributed by atoms with E-state index in [0.29, 0.717) is 11.0 Å². The molecule has 2 N–H and O–H groups in total. The van der Waals surface area contributed by atoms with Crippen LogP contribution < -0.4 is 5.73 Å². The Balaban J connectivity index is 2.88. The van der Waals surface area contributed by atoms with Crippen LogP contribution in [0, 0.1) is 0 Å². The van der Waals surface area contributed by atoms with Crippen LogP contribution >= 0.6 is 12.2 Å². The zero-order valence-corrected chi connectivity index (χ0v) is 12.4. The van der Waals surface area contributed by atoms with Gasteiger partial charge in [-0.05, 0) is 26.0 Å². The van der Waals surface area contributed by atoms with Gasteiger partial charge < -0.3 is 5.73 Å². The third kappa shape index (κ3) is 4.39. The van der Waals surface area contributed by atoms with Gasteiger partial charge in [0.1, 0.15) is 0 Å². The van der Waals surface area contributed by atoms with Crippen LogP contribution in [-0.2, 0) is 0 Å². The summed E-state index contributed by atoms with van der Waals surface area (Å²) >= 11 is 5.09. The van der Waals surface area contributed by atoms with E-state index in [0.717, 1.165) is 6.42 Å². The maximum atomic E-state index is 5.75. The summed E-state index contributed by atoms with van der Waals surface area (Å²) in [6.07, 6.45) is 3.13. The number of hydrogen-bond acceptors (Lipinski definition) is 2. The number of benzene rings is 1. The van der Waals surface area contributed by atoms with E-state index in [9.17, 15) is 0 Å². The van der Waals surface area contributed by atoms with Gasteiger partial charge in [-0.2, -0.15) is 0 Å². The van der Waals surface area contributed by atoms with Crippen molar-refractivity contribution in [1.29, 1.82) is 0 Å². The lowest BCUT2D eigenvalue weighted by Crippen LogP contribution is -2.35. The Morgan fingerprint density at radius 1 is 1.33 bits per heavy atom. The molecule has 0 fully saturated rings. The molecule has 0 aliphatic carbocycles. The highest BCUT2D eigenvalue weighted by Crippen LogP contribution is 2.26. The number of thiocarbonyl (C=S) groups is 1. The van der Waals surface area contributed by atoms with Crippen molar-refractivity contribution in [2.75, 3.05) is 7.05 Å². The summed E-state index contributed by atoms with van der Waals surface area (Å²) in [7, 11) is 2.16. The van der Waals surface area contributed by atoms with Crippen LogP contribution in [0.2, 0.25) is 0 Å². The van der Waals surface area contributed by atoms with Crippen LogP contribution in [0.3, 0.4) is 0 Å². The highest BCUT2D eigenvalue weighted by molar-refractivity contribution is 7.80. The minimum atomic E-state index is 0.283. The molecule has 1 aromatic rings. The van der Waals surface area contributed by atoms with E-state index in [1.165, 1.54) is 18.4 Å². The normalized spacial score (nSPS) is 14.4. The molecule has 0 saturated heterocycles. The van der Waals surface area contributed by atoms with E-state index in [2.05, 4.69) is 50.1 Å². The highest BCUT2D eigenvalue weighted by Gasteiger charge is 2.21. The molecule has 2 unspecified atom stereocenters. The molecule has 0 amide bonds. The Labute approximate surface area is 116 Å². The van der Waals surface area contributed by atoms with E-state index >= 15 is 0 Å². The topological polar surface area (TPSA) is 29.3 Å². The fraction of sp³-hybridized carbons (Fsp3) is 0.533. The van der Waals surface area contributed by atoms with E-state index in [4.69, 9.17) is 18.0 Å². The summed E-state index contributed by atoms with van der Waals surface area (Å²) in [4.78, 5) is 2.97. The molecule has 3 heteroatoms. The lowest BCUT2D eigenvalue weighted by Gasteiger charge is -2.33. The zero-order valence-electron chi connectivity index (χ0n) is 11.6. The maximum absolute atomic E-state index is 5.75. The third-order valence-electron chi connectivity index (χ3n) is 3.47. The van der Waals surface area contributed by atoms with E-state index in [1.54, 1.807) is 0 Å². The smallest absolute Gasteiger partial charge is 0.0746 e. The first kappa shape index (κ1) is 15.1. The first-order valence-electron chi connectivity index (χ1n) is 6.61. The second-order valence-electron chi connectivity index (χ2n) is 4.90. The molecule has 0 bridgehead atoms. The van der Waals surface area contributed by atoms with E-state index in [1.807, 2.05) is 6.07 Å². The molecule has 0 aromatic heterocycles. The molecule has 1 aromatic carbocycles. The minimum Gasteiger partial charge on any atom is -0.393 e. The second kappa shape index (κ2) is 7.49. The lowest BCUT2D eigenvalue weighted by molar-refractivity contribution is 0.179. The number of nitrogens with zero attached hydrogens (tertiary/aromatic N) is 1. The molecule has 1 rings (SSSR count). The largest absolute Gasteiger partial charge is 0.393 e. The van der Waals surface area contributed by atoms with Gasteiger partial charge in [0.25, 0.3) is 0 Å². The molecule has 0 spiro atoms. The molecule has 2 atom stereocenters. The summed E-state index contributed by atoms with van der Waals surface area (Å²) in [5.74, 6) is 0. The maximum Gasteiger partial charge on any atom is 0.0746 e. The van der Waals surface area contributed by atoms with Crippen molar-refractivity contribution in [2.24, 2.45) is 5.73 Å². The summed E-state index contributed by atoms with van der Waals surface area (Å²) in [5.41, 5.74) is 7.04. The summed E-state index contributed by atoms with van der Waals surface area (Å²) in [5, 5.41) is 0. The third-order valence-corrected chi connectivity index (χ3v) is 3.64. The van der Waals surface area contributed by atoms with Crippen LogP contribution in [0.1, 0.15) is 44.7 Å². The van der Waals surface area contributed by atoms with Gasteiger partial charge in [-0.3, -0.25) is 4.90 Å². The van der Waals surface area contributed by atoms with Gasteiger partial charge in [0.15, 0.2) is 0 Å². The molecular formula is C15H24N2S. The van der Waals surface area contributed by atoms with Crippen molar-refractivity contribution in [2.45, 2.75) is 45.2 Å². The molecular weight excluding hydrogens is 240 g/mol. The summed E-state index contributed by atoms with van der Waals surface area (Å²) in [6.45, 7) is 4.48. The molecule has 0 aliphatic heterocycles. The lowest BCUT2D eigenvalue weighted by atomic mass is 10.00. The van der Waals surface area contributed by atoms with E-state index in [-0.39, 0.29) is 6.04 Å². The van der Waals surface area contributed by atoms with Crippen LogP contribution in [0.15, 0.2) is 30.3 Å². The number of hydrogen-bond donors (Lipinski definition) is 1. The molecule has 18 heavy (non-hydrogen) atoms. The van der Waals surface area contributed by atoms with Crippen molar-refractivity contribution in [3.8, 4) is 0 Å². The van der Waals surface area contributed by atoms with Crippen molar-refractivity contribution in [3.63, 3.8) is 0 Å². The second-order valence-corrected chi connectivity index (χ2v) is 5.42. The standard InChI is InChI=1S/C15H24N2S/c1-4-8-12(2)17(3)14(11-15(16)18)13-9-6-5-7-10-13/h5-7,9-10,12,14H,4,8,11H2,1-3H3,(H2,16,18). The molecule has 0 heterocycles. The van der Waals surface area contributed by atoms with Crippen molar-refractivity contribution in [3.05, 3.63) is 35.9 Å². The zero-order chi connectivity index (χ0) is 13.5. The van der Waals surface area contributed by atoms with Crippen LogP contribution in [0.4, 0.5) is 0 Å². The minimum absolute atomic E-state index is 0.283. The van der Waals surface area contributed by atoms with Gasteiger partial charge >= 0.3 is 0 Å². The number of nitrogens with two attached hydrogens (primary N) is 1. The Bertz CT molecular complexity index is 364. The Hall–Kier alpha value is -0.930. The van der Waals surface area contributed by atoms with Crippen LogP contribution in [0.25, 0.3) is 0 Å². The first-order chi connectivity index (χ1) is 8.56. The monoisotopic (exact) mass is 264 g/mol. The predicted octanol–water partition coefficient (Wildman–Crippen LogP) is 3.52. The summed E-state index contributed by atoms with van der Waals surface area (Å²) < 4.78 is 0. The van der Waals surface area contributed by atoms with E-state index < -0.39 is 0 Å². The Morgan fingerprint density at radius 2 is 1.94 bits per heavy atom. The van der Waals surface area contributed by atoms with Gasteiger partial charge in [-0.15, -0.1) is 0 Å². The van der Waals surface area contributed by atoms with Crippen LogP contribution in [0.5, 0.6) is 0 Å². The average molecular weight is 264 g/mol. The van der Waals surface area contributed by atoms with Gasteiger partial charge in [0.05, 0.1) is 4.99 Å². The fourth-order valence-corrected chi connectivity index (χ4v) is 2.45.